The van der Waals surface area contributed by atoms with Crippen molar-refractivity contribution in [2.24, 2.45) is 0 Å². The zero-order valence-electron chi connectivity index (χ0n) is 13.6. The summed E-state index contributed by atoms with van der Waals surface area (Å²) in [5.41, 5.74) is 1.51. The molecule has 0 atom stereocenters. The second-order valence-electron chi connectivity index (χ2n) is 6.07. The Hall–Kier alpha value is -2.30. The van der Waals surface area contributed by atoms with Gasteiger partial charge in [-0.15, -0.1) is 5.10 Å². The maximum Gasteiger partial charge on any atom is 0.170 e. The Labute approximate surface area is 136 Å². The molecule has 2 aromatic rings. The summed E-state index contributed by atoms with van der Waals surface area (Å²) in [6, 6.07) is 10.0. The zero-order valence-corrected chi connectivity index (χ0v) is 13.6. The number of nitriles is 1. The third-order valence-corrected chi connectivity index (χ3v) is 4.28. The SMILES string of the molecule is CC(C)N1CCN(Cc2nnnn2-c2ccc(C#N)cc2)CC1. The highest BCUT2D eigenvalue weighted by Crippen LogP contribution is 2.13. The van der Waals surface area contributed by atoms with Gasteiger partial charge >= 0.3 is 0 Å². The van der Waals surface area contributed by atoms with Crippen molar-refractivity contribution in [3.05, 3.63) is 35.7 Å². The summed E-state index contributed by atoms with van der Waals surface area (Å²) in [6.45, 7) is 9.42. The first-order chi connectivity index (χ1) is 11.2. The van der Waals surface area contributed by atoms with Crippen molar-refractivity contribution in [3.8, 4) is 11.8 Å². The third-order valence-electron chi connectivity index (χ3n) is 4.28. The zero-order chi connectivity index (χ0) is 16.2. The molecule has 3 rings (SSSR count). The molecule has 0 radical (unpaired) electrons. The van der Waals surface area contributed by atoms with E-state index in [1.807, 2.05) is 12.1 Å². The normalized spacial score (nSPS) is 16.6. The molecule has 1 aromatic carbocycles. The van der Waals surface area contributed by atoms with Crippen LogP contribution in [0.2, 0.25) is 0 Å². The summed E-state index contributed by atoms with van der Waals surface area (Å²) in [5.74, 6) is 0.827. The molecular weight excluding hydrogens is 290 g/mol. The van der Waals surface area contributed by atoms with Crippen LogP contribution < -0.4 is 0 Å². The summed E-state index contributed by atoms with van der Waals surface area (Å²) in [7, 11) is 0. The van der Waals surface area contributed by atoms with Crippen LogP contribution in [0.25, 0.3) is 5.69 Å². The lowest BCUT2D eigenvalue weighted by Crippen LogP contribution is -2.48. The topological polar surface area (TPSA) is 73.9 Å². The van der Waals surface area contributed by atoms with Crippen molar-refractivity contribution in [3.63, 3.8) is 0 Å². The summed E-state index contributed by atoms with van der Waals surface area (Å²) >= 11 is 0. The van der Waals surface area contributed by atoms with Crippen LogP contribution in [0.15, 0.2) is 24.3 Å². The Kier molecular flexibility index (Phi) is 4.65. The molecule has 0 unspecified atom stereocenters. The summed E-state index contributed by atoms with van der Waals surface area (Å²) in [6.07, 6.45) is 0. The van der Waals surface area contributed by atoms with Crippen LogP contribution in [0.4, 0.5) is 0 Å². The minimum Gasteiger partial charge on any atom is -0.298 e. The molecule has 0 bridgehead atoms. The molecule has 1 aliphatic rings. The molecule has 1 fully saturated rings. The van der Waals surface area contributed by atoms with Crippen molar-refractivity contribution in [2.75, 3.05) is 26.2 Å². The number of piperazine rings is 1. The molecule has 1 saturated heterocycles. The van der Waals surface area contributed by atoms with Gasteiger partial charge in [0.05, 0.1) is 23.9 Å². The highest BCUT2D eigenvalue weighted by molar-refractivity contribution is 5.38. The predicted octanol–water partition coefficient (Wildman–Crippen LogP) is 1.06. The molecule has 2 heterocycles. The Bertz CT molecular complexity index is 675. The molecule has 0 aliphatic carbocycles. The second kappa shape index (κ2) is 6.86. The fourth-order valence-corrected chi connectivity index (χ4v) is 2.82. The smallest absolute Gasteiger partial charge is 0.170 e. The van der Waals surface area contributed by atoms with Gasteiger partial charge in [-0.3, -0.25) is 9.80 Å². The average Bonchev–Trinajstić information content (AvgIpc) is 3.03. The molecule has 0 N–H and O–H groups in total. The van der Waals surface area contributed by atoms with E-state index in [-0.39, 0.29) is 0 Å². The monoisotopic (exact) mass is 311 g/mol. The van der Waals surface area contributed by atoms with Gasteiger partial charge < -0.3 is 0 Å². The highest BCUT2D eigenvalue weighted by atomic mass is 15.5. The number of hydrogen-bond acceptors (Lipinski definition) is 6. The Balaban J connectivity index is 1.68. The summed E-state index contributed by atoms with van der Waals surface area (Å²) < 4.78 is 1.75. The van der Waals surface area contributed by atoms with Gasteiger partial charge in [-0.1, -0.05) is 0 Å². The first-order valence-corrected chi connectivity index (χ1v) is 7.91. The number of rotatable bonds is 4. The summed E-state index contributed by atoms with van der Waals surface area (Å²) in [5, 5.41) is 20.9. The van der Waals surface area contributed by atoms with E-state index in [9.17, 15) is 0 Å². The van der Waals surface area contributed by atoms with Crippen LogP contribution in [0, 0.1) is 11.3 Å². The molecule has 0 spiro atoms. The van der Waals surface area contributed by atoms with E-state index in [2.05, 4.69) is 45.2 Å². The van der Waals surface area contributed by atoms with Crippen LogP contribution in [0.3, 0.4) is 0 Å². The van der Waals surface area contributed by atoms with Crippen LogP contribution in [-0.4, -0.2) is 62.2 Å². The van der Waals surface area contributed by atoms with Gasteiger partial charge in [0, 0.05) is 32.2 Å². The van der Waals surface area contributed by atoms with Gasteiger partial charge in [-0.2, -0.15) is 9.94 Å². The molecule has 120 valence electrons. The fraction of sp³-hybridized carbons (Fsp3) is 0.500. The first-order valence-electron chi connectivity index (χ1n) is 7.91. The van der Waals surface area contributed by atoms with Crippen LogP contribution in [0.1, 0.15) is 25.2 Å². The van der Waals surface area contributed by atoms with Gasteiger partial charge in [0.25, 0.3) is 0 Å². The molecule has 1 aliphatic heterocycles. The van der Waals surface area contributed by atoms with Crippen molar-refractivity contribution in [1.82, 2.24) is 30.0 Å². The second-order valence-corrected chi connectivity index (χ2v) is 6.07. The highest BCUT2D eigenvalue weighted by Gasteiger charge is 2.20. The van der Waals surface area contributed by atoms with Gasteiger partial charge in [0.1, 0.15) is 0 Å². The van der Waals surface area contributed by atoms with E-state index < -0.39 is 0 Å². The number of hydrogen-bond donors (Lipinski definition) is 0. The van der Waals surface area contributed by atoms with Crippen LogP contribution in [0.5, 0.6) is 0 Å². The molecule has 7 heteroatoms. The molecule has 0 amide bonds. The largest absolute Gasteiger partial charge is 0.298 e. The molecule has 0 saturated carbocycles. The lowest BCUT2D eigenvalue weighted by molar-refractivity contribution is 0.102. The lowest BCUT2D eigenvalue weighted by Gasteiger charge is -2.36. The minimum atomic E-state index is 0.598. The van der Waals surface area contributed by atoms with E-state index in [1.54, 1.807) is 16.8 Å². The summed E-state index contributed by atoms with van der Waals surface area (Å²) in [4.78, 5) is 4.87. The number of nitrogens with zero attached hydrogens (tertiary/aromatic N) is 7. The predicted molar refractivity (Wildman–Crippen MR) is 85.9 cm³/mol. The van der Waals surface area contributed by atoms with Crippen LogP contribution >= 0.6 is 0 Å². The van der Waals surface area contributed by atoms with Crippen molar-refractivity contribution in [1.29, 1.82) is 5.26 Å². The Morgan fingerprint density at radius 2 is 1.83 bits per heavy atom. The van der Waals surface area contributed by atoms with Crippen molar-refractivity contribution in [2.45, 2.75) is 26.4 Å². The maximum absolute atomic E-state index is 8.88. The van der Waals surface area contributed by atoms with Gasteiger partial charge in [0.2, 0.25) is 0 Å². The minimum absolute atomic E-state index is 0.598. The Morgan fingerprint density at radius 3 is 2.43 bits per heavy atom. The van der Waals surface area contributed by atoms with E-state index in [0.29, 0.717) is 11.6 Å². The van der Waals surface area contributed by atoms with Gasteiger partial charge in [-0.05, 0) is 48.5 Å². The Morgan fingerprint density at radius 1 is 1.13 bits per heavy atom. The first kappa shape index (κ1) is 15.6. The standard InChI is InChI=1S/C16H21N7/c1-13(2)22-9-7-21(8-10-22)12-16-18-19-20-23(16)15-5-3-14(11-17)4-6-15/h3-6,13H,7-10,12H2,1-2H3. The van der Waals surface area contributed by atoms with Crippen molar-refractivity contribution >= 4 is 0 Å². The fourth-order valence-electron chi connectivity index (χ4n) is 2.82. The average molecular weight is 311 g/mol. The third kappa shape index (κ3) is 3.55. The molecule has 7 nitrogen and oxygen atoms in total. The van der Waals surface area contributed by atoms with E-state index in [4.69, 9.17) is 5.26 Å². The van der Waals surface area contributed by atoms with E-state index >= 15 is 0 Å². The number of aromatic nitrogens is 4. The molecule has 1 aromatic heterocycles. The van der Waals surface area contributed by atoms with Crippen molar-refractivity contribution < 1.29 is 0 Å². The van der Waals surface area contributed by atoms with Gasteiger partial charge in [-0.25, -0.2) is 0 Å². The van der Waals surface area contributed by atoms with E-state index in [1.165, 1.54) is 0 Å². The molecular formula is C16H21N7. The van der Waals surface area contributed by atoms with E-state index in [0.717, 1.165) is 44.2 Å². The number of tetrazole rings is 1. The quantitative estimate of drug-likeness (QED) is 0.840. The number of benzene rings is 1. The van der Waals surface area contributed by atoms with Gasteiger partial charge in [0.15, 0.2) is 5.82 Å². The molecule has 23 heavy (non-hydrogen) atoms. The maximum atomic E-state index is 8.88. The van der Waals surface area contributed by atoms with Crippen LogP contribution in [-0.2, 0) is 6.54 Å². The lowest BCUT2D eigenvalue weighted by atomic mass is 10.2.